The second kappa shape index (κ2) is 7.88. The minimum absolute atomic E-state index is 0.0924. The van der Waals surface area contributed by atoms with Crippen LogP contribution in [0.2, 0.25) is 0 Å². The molecule has 162 valence electrons. The van der Waals surface area contributed by atoms with Gasteiger partial charge in [0, 0.05) is 16.8 Å². The minimum Gasteiger partial charge on any atom is -0.322 e. The number of halogens is 4. The van der Waals surface area contributed by atoms with Crippen molar-refractivity contribution in [3.8, 4) is 11.3 Å². The summed E-state index contributed by atoms with van der Waals surface area (Å²) in [5.41, 5.74) is -0.694. The van der Waals surface area contributed by atoms with Gasteiger partial charge < -0.3 is 5.32 Å². The molecule has 2 aromatic carbocycles. The SMILES string of the molecule is CC(=O)c1ccc(NC(=O)c2cnn3c(C(F)(F)F)cc(-c4ccc(F)cc4)nc23)cc1. The van der Waals surface area contributed by atoms with Crippen LogP contribution in [0.1, 0.15) is 33.3 Å². The molecule has 2 aromatic heterocycles. The number of hydrogen-bond donors (Lipinski definition) is 1. The van der Waals surface area contributed by atoms with E-state index in [1.54, 1.807) is 0 Å². The zero-order valence-corrected chi connectivity index (χ0v) is 16.4. The fraction of sp³-hybridized carbons (Fsp3) is 0.0909. The third-order valence-corrected chi connectivity index (χ3v) is 4.70. The Morgan fingerprint density at radius 3 is 2.25 bits per heavy atom. The Balaban J connectivity index is 1.78. The fourth-order valence-electron chi connectivity index (χ4n) is 3.08. The first-order valence-corrected chi connectivity index (χ1v) is 9.28. The lowest BCUT2D eigenvalue weighted by Crippen LogP contribution is -2.16. The summed E-state index contributed by atoms with van der Waals surface area (Å²) in [7, 11) is 0. The highest BCUT2D eigenvalue weighted by Gasteiger charge is 2.36. The number of anilines is 1. The van der Waals surface area contributed by atoms with E-state index >= 15 is 0 Å². The molecule has 4 aromatic rings. The Bertz CT molecular complexity index is 1330. The van der Waals surface area contributed by atoms with Gasteiger partial charge in [0.1, 0.15) is 11.4 Å². The maximum Gasteiger partial charge on any atom is 0.433 e. The molecule has 2 heterocycles. The van der Waals surface area contributed by atoms with Crippen molar-refractivity contribution in [3.63, 3.8) is 0 Å². The number of rotatable bonds is 4. The maximum absolute atomic E-state index is 13.7. The Morgan fingerprint density at radius 1 is 1.00 bits per heavy atom. The van der Waals surface area contributed by atoms with Gasteiger partial charge in [-0.15, -0.1) is 0 Å². The second-order valence-corrected chi connectivity index (χ2v) is 6.91. The molecular formula is C22H14F4N4O2. The molecule has 0 radical (unpaired) electrons. The third-order valence-electron chi connectivity index (χ3n) is 4.70. The number of carbonyl (C=O) groups excluding carboxylic acids is 2. The molecule has 0 aliphatic heterocycles. The van der Waals surface area contributed by atoms with E-state index in [0.29, 0.717) is 15.8 Å². The predicted molar refractivity (Wildman–Crippen MR) is 108 cm³/mol. The number of fused-ring (bicyclic) bond motifs is 1. The minimum atomic E-state index is -4.78. The fourth-order valence-corrected chi connectivity index (χ4v) is 3.08. The van der Waals surface area contributed by atoms with E-state index in [1.165, 1.54) is 43.3 Å². The molecule has 0 unspecified atom stereocenters. The molecule has 0 aliphatic rings. The molecule has 0 fully saturated rings. The topological polar surface area (TPSA) is 76.4 Å². The molecular weight excluding hydrogens is 428 g/mol. The van der Waals surface area contributed by atoms with E-state index in [1.807, 2.05) is 0 Å². The van der Waals surface area contributed by atoms with Crippen LogP contribution in [0.4, 0.5) is 23.2 Å². The highest BCUT2D eigenvalue weighted by molar-refractivity contribution is 6.08. The summed E-state index contributed by atoms with van der Waals surface area (Å²) in [5.74, 6) is -1.43. The van der Waals surface area contributed by atoms with Crippen LogP contribution in [0, 0.1) is 5.82 Å². The normalized spacial score (nSPS) is 11.5. The predicted octanol–water partition coefficient (Wildman–Crippen LogP) is 5.01. The summed E-state index contributed by atoms with van der Waals surface area (Å²) in [5, 5.41) is 6.26. The number of ketones is 1. The van der Waals surface area contributed by atoms with Crippen molar-refractivity contribution in [1.82, 2.24) is 14.6 Å². The molecule has 0 bridgehead atoms. The summed E-state index contributed by atoms with van der Waals surface area (Å²) in [6.45, 7) is 1.40. The van der Waals surface area contributed by atoms with Crippen LogP contribution in [-0.4, -0.2) is 26.3 Å². The first kappa shape index (κ1) is 21.2. The van der Waals surface area contributed by atoms with Crippen LogP contribution in [0.15, 0.2) is 60.8 Å². The summed E-state index contributed by atoms with van der Waals surface area (Å²) >= 11 is 0. The molecule has 4 rings (SSSR count). The van der Waals surface area contributed by atoms with E-state index in [9.17, 15) is 27.2 Å². The van der Waals surface area contributed by atoms with Gasteiger partial charge in [0.25, 0.3) is 5.91 Å². The number of nitrogens with zero attached hydrogens (tertiary/aromatic N) is 3. The average molecular weight is 442 g/mol. The average Bonchev–Trinajstić information content (AvgIpc) is 3.17. The third kappa shape index (κ3) is 4.07. The van der Waals surface area contributed by atoms with Crippen LogP contribution in [0.25, 0.3) is 16.9 Å². The highest BCUT2D eigenvalue weighted by Crippen LogP contribution is 2.33. The lowest BCUT2D eigenvalue weighted by atomic mass is 10.1. The van der Waals surface area contributed by atoms with Gasteiger partial charge in [-0.1, -0.05) is 0 Å². The first-order chi connectivity index (χ1) is 15.1. The van der Waals surface area contributed by atoms with Crippen LogP contribution < -0.4 is 5.32 Å². The van der Waals surface area contributed by atoms with Crippen molar-refractivity contribution in [1.29, 1.82) is 0 Å². The lowest BCUT2D eigenvalue weighted by Gasteiger charge is -2.12. The van der Waals surface area contributed by atoms with Crippen LogP contribution >= 0.6 is 0 Å². The first-order valence-electron chi connectivity index (χ1n) is 9.28. The summed E-state index contributed by atoms with van der Waals surface area (Å²) in [6, 6.07) is 11.6. The maximum atomic E-state index is 13.7. The second-order valence-electron chi connectivity index (χ2n) is 6.91. The molecule has 0 saturated heterocycles. The summed E-state index contributed by atoms with van der Waals surface area (Å²) < 4.78 is 54.8. The Hall–Kier alpha value is -4.08. The van der Waals surface area contributed by atoms with E-state index in [4.69, 9.17) is 0 Å². The standard InChI is InChI=1S/C22H14F4N4O2/c1-12(31)13-4-8-16(9-5-13)28-21(32)17-11-27-30-19(22(24,25)26)10-18(29-20(17)30)14-2-6-15(23)7-3-14/h2-11H,1H3,(H,28,32). The van der Waals surface area contributed by atoms with Crippen molar-refractivity contribution in [2.24, 2.45) is 0 Å². The Labute approximate surface area is 178 Å². The van der Waals surface area contributed by atoms with Crippen molar-refractivity contribution >= 4 is 23.0 Å². The van der Waals surface area contributed by atoms with Gasteiger partial charge in [-0.2, -0.15) is 18.3 Å². The zero-order valence-electron chi connectivity index (χ0n) is 16.4. The largest absolute Gasteiger partial charge is 0.433 e. The molecule has 0 saturated carbocycles. The Morgan fingerprint density at radius 2 is 1.66 bits per heavy atom. The van der Waals surface area contributed by atoms with Gasteiger partial charge in [0.05, 0.1) is 11.9 Å². The van der Waals surface area contributed by atoms with Crippen LogP contribution in [-0.2, 0) is 6.18 Å². The molecule has 1 amide bonds. The van der Waals surface area contributed by atoms with E-state index in [2.05, 4.69) is 15.4 Å². The van der Waals surface area contributed by atoms with E-state index in [0.717, 1.165) is 24.4 Å². The molecule has 1 N–H and O–H groups in total. The van der Waals surface area contributed by atoms with Crippen molar-refractivity contribution in [3.05, 3.63) is 83.4 Å². The van der Waals surface area contributed by atoms with Crippen molar-refractivity contribution in [2.75, 3.05) is 5.32 Å². The highest BCUT2D eigenvalue weighted by atomic mass is 19.4. The number of benzene rings is 2. The van der Waals surface area contributed by atoms with Crippen molar-refractivity contribution in [2.45, 2.75) is 13.1 Å². The zero-order chi connectivity index (χ0) is 23.0. The molecule has 6 nitrogen and oxygen atoms in total. The van der Waals surface area contributed by atoms with E-state index in [-0.39, 0.29) is 28.3 Å². The van der Waals surface area contributed by atoms with Gasteiger partial charge in [-0.05, 0) is 61.5 Å². The number of Topliss-reactive ketones (excluding diaryl/α,β-unsaturated/α-hetero) is 1. The van der Waals surface area contributed by atoms with Crippen molar-refractivity contribution < 1.29 is 27.2 Å². The van der Waals surface area contributed by atoms with Gasteiger partial charge in [-0.25, -0.2) is 13.9 Å². The summed E-state index contributed by atoms with van der Waals surface area (Å²) in [4.78, 5) is 28.3. The lowest BCUT2D eigenvalue weighted by molar-refractivity contribution is -0.142. The number of amides is 1. The quantitative estimate of drug-likeness (QED) is 0.356. The number of hydrogen-bond acceptors (Lipinski definition) is 4. The monoisotopic (exact) mass is 442 g/mol. The number of alkyl halides is 3. The molecule has 32 heavy (non-hydrogen) atoms. The van der Waals surface area contributed by atoms with Gasteiger partial charge in [0.15, 0.2) is 17.1 Å². The number of nitrogens with one attached hydrogen (secondary N) is 1. The van der Waals surface area contributed by atoms with Gasteiger partial charge in [0.2, 0.25) is 0 Å². The molecule has 0 spiro atoms. The number of aromatic nitrogens is 3. The summed E-state index contributed by atoms with van der Waals surface area (Å²) in [6.07, 6.45) is -3.79. The van der Waals surface area contributed by atoms with Crippen LogP contribution in [0.5, 0.6) is 0 Å². The molecule has 10 heteroatoms. The smallest absolute Gasteiger partial charge is 0.322 e. The van der Waals surface area contributed by atoms with Gasteiger partial charge in [-0.3, -0.25) is 9.59 Å². The Kier molecular flexibility index (Phi) is 5.21. The van der Waals surface area contributed by atoms with Gasteiger partial charge >= 0.3 is 6.18 Å². The molecule has 0 atom stereocenters. The van der Waals surface area contributed by atoms with Crippen LogP contribution in [0.3, 0.4) is 0 Å². The van der Waals surface area contributed by atoms with E-state index < -0.39 is 23.6 Å². The molecule has 0 aliphatic carbocycles. The number of carbonyl (C=O) groups is 2.